The number of esters is 1. The van der Waals surface area contributed by atoms with Gasteiger partial charge in [-0.1, -0.05) is 18.2 Å². The van der Waals surface area contributed by atoms with Crippen LogP contribution in [0.2, 0.25) is 0 Å². The molecule has 1 saturated heterocycles. The van der Waals surface area contributed by atoms with E-state index < -0.39 is 16.0 Å². The van der Waals surface area contributed by atoms with Crippen LogP contribution in [0.5, 0.6) is 5.75 Å². The molecule has 1 aliphatic heterocycles. The molecule has 1 fully saturated rings. The van der Waals surface area contributed by atoms with Gasteiger partial charge in [-0.25, -0.2) is 23.2 Å². The molecule has 0 aliphatic carbocycles. The number of anilines is 1. The third kappa shape index (κ3) is 4.76. The molecule has 33 heavy (non-hydrogen) atoms. The van der Waals surface area contributed by atoms with Gasteiger partial charge in [-0.05, 0) is 37.6 Å². The maximum absolute atomic E-state index is 13.2. The third-order valence-electron chi connectivity index (χ3n) is 5.45. The van der Waals surface area contributed by atoms with Crippen molar-refractivity contribution >= 4 is 32.8 Å². The van der Waals surface area contributed by atoms with Crippen LogP contribution in [0.1, 0.15) is 23.8 Å². The first-order valence-electron chi connectivity index (χ1n) is 10.8. The molecule has 3 aromatic rings. The average molecular weight is 471 g/mol. The molecule has 0 amide bonds. The van der Waals surface area contributed by atoms with E-state index >= 15 is 0 Å². The Hall–Kier alpha value is -3.24. The molecule has 0 saturated carbocycles. The smallest absolute Gasteiger partial charge is 0.360 e. The Morgan fingerprint density at radius 3 is 2.48 bits per heavy atom. The van der Waals surface area contributed by atoms with Crippen LogP contribution in [0.4, 0.5) is 5.82 Å². The lowest BCUT2D eigenvalue weighted by Crippen LogP contribution is -2.36. The van der Waals surface area contributed by atoms with Crippen LogP contribution < -0.4 is 9.64 Å². The second kappa shape index (κ2) is 9.72. The van der Waals surface area contributed by atoms with Crippen LogP contribution in [0, 0.1) is 0 Å². The van der Waals surface area contributed by atoms with E-state index in [-0.39, 0.29) is 23.7 Å². The van der Waals surface area contributed by atoms with E-state index in [1.165, 1.54) is 17.5 Å². The van der Waals surface area contributed by atoms with Crippen LogP contribution in [-0.4, -0.2) is 68.6 Å². The fraction of sp³-hybridized carbons (Fsp3) is 0.348. The van der Waals surface area contributed by atoms with Crippen molar-refractivity contribution in [3.05, 3.63) is 54.2 Å². The highest BCUT2D eigenvalue weighted by Gasteiger charge is 2.30. The lowest BCUT2D eigenvalue weighted by Gasteiger charge is -2.24. The number of hydrogen-bond donors (Lipinski definition) is 0. The van der Waals surface area contributed by atoms with Gasteiger partial charge in [-0.2, -0.15) is 4.31 Å². The predicted octanol–water partition coefficient (Wildman–Crippen LogP) is 2.72. The number of aromatic nitrogens is 2. The molecule has 174 valence electrons. The number of para-hydroxylation sites is 2. The molecule has 0 radical (unpaired) electrons. The van der Waals surface area contributed by atoms with E-state index in [4.69, 9.17) is 9.47 Å². The Kier molecular flexibility index (Phi) is 6.75. The van der Waals surface area contributed by atoms with Crippen molar-refractivity contribution in [3.63, 3.8) is 0 Å². The molecule has 4 rings (SSSR count). The maximum atomic E-state index is 13.2. The number of methoxy groups -OCH3 is 1. The topological polar surface area (TPSA) is 102 Å². The molecule has 1 aliphatic rings. The van der Waals surface area contributed by atoms with E-state index in [0.717, 1.165) is 0 Å². The van der Waals surface area contributed by atoms with Crippen molar-refractivity contribution in [1.82, 2.24) is 14.3 Å². The van der Waals surface area contributed by atoms with E-state index in [0.29, 0.717) is 48.7 Å². The van der Waals surface area contributed by atoms with Crippen LogP contribution in [0.3, 0.4) is 0 Å². The van der Waals surface area contributed by atoms with Crippen molar-refractivity contribution in [2.24, 2.45) is 0 Å². The lowest BCUT2D eigenvalue weighted by atomic mass is 10.2. The molecule has 0 atom stereocenters. The van der Waals surface area contributed by atoms with Gasteiger partial charge in [0.25, 0.3) is 0 Å². The van der Waals surface area contributed by atoms with Gasteiger partial charge in [0.2, 0.25) is 10.0 Å². The van der Waals surface area contributed by atoms with Crippen molar-refractivity contribution in [2.45, 2.75) is 18.2 Å². The highest BCUT2D eigenvalue weighted by atomic mass is 32.2. The second-order valence-corrected chi connectivity index (χ2v) is 9.47. The van der Waals surface area contributed by atoms with Crippen LogP contribution in [0.25, 0.3) is 11.0 Å². The fourth-order valence-corrected chi connectivity index (χ4v) is 5.31. The summed E-state index contributed by atoms with van der Waals surface area (Å²) < 4.78 is 38.3. The normalized spacial score (nSPS) is 15.3. The van der Waals surface area contributed by atoms with E-state index in [1.807, 2.05) is 23.1 Å². The molecule has 2 aromatic carbocycles. The maximum Gasteiger partial charge on any atom is 0.360 e. The van der Waals surface area contributed by atoms with Gasteiger partial charge in [0, 0.05) is 32.2 Å². The average Bonchev–Trinajstić information content (AvgIpc) is 3.10. The zero-order valence-electron chi connectivity index (χ0n) is 18.6. The number of hydrogen-bond acceptors (Lipinski definition) is 8. The molecule has 0 spiro atoms. The number of sulfonamides is 1. The summed E-state index contributed by atoms with van der Waals surface area (Å²) in [6.45, 7) is 3.45. The largest absolute Gasteiger partial charge is 0.497 e. The molecule has 2 heterocycles. The van der Waals surface area contributed by atoms with Crippen LogP contribution in [-0.2, 0) is 14.8 Å². The second-order valence-electron chi connectivity index (χ2n) is 7.53. The summed E-state index contributed by atoms with van der Waals surface area (Å²) in [6, 6.07) is 13.8. The molecule has 9 nitrogen and oxygen atoms in total. The van der Waals surface area contributed by atoms with E-state index in [2.05, 4.69) is 9.97 Å². The third-order valence-corrected chi connectivity index (χ3v) is 7.35. The van der Waals surface area contributed by atoms with E-state index in [9.17, 15) is 13.2 Å². The number of ether oxygens (including phenoxy) is 2. The Labute approximate surface area is 193 Å². The van der Waals surface area contributed by atoms with Gasteiger partial charge >= 0.3 is 5.97 Å². The quantitative estimate of drug-likeness (QED) is 0.507. The van der Waals surface area contributed by atoms with Crippen molar-refractivity contribution in [3.8, 4) is 5.75 Å². The van der Waals surface area contributed by atoms with Crippen molar-refractivity contribution in [1.29, 1.82) is 0 Å². The Morgan fingerprint density at radius 2 is 1.76 bits per heavy atom. The summed E-state index contributed by atoms with van der Waals surface area (Å²) in [7, 11) is -2.19. The number of rotatable bonds is 6. The number of carbonyl (C=O) groups is 1. The first-order valence-corrected chi connectivity index (χ1v) is 12.2. The molecule has 10 heteroatoms. The minimum atomic E-state index is -3.69. The number of benzene rings is 2. The van der Waals surface area contributed by atoms with Gasteiger partial charge < -0.3 is 14.4 Å². The van der Waals surface area contributed by atoms with Gasteiger partial charge in [0.15, 0.2) is 11.5 Å². The van der Waals surface area contributed by atoms with Gasteiger partial charge in [-0.15, -0.1) is 0 Å². The molecule has 0 unspecified atom stereocenters. The van der Waals surface area contributed by atoms with Crippen molar-refractivity contribution in [2.75, 3.05) is 44.8 Å². The lowest BCUT2D eigenvalue weighted by molar-refractivity contribution is 0.0520. The summed E-state index contributed by atoms with van der Waals surface area (Å²) in [4.78, 5) is 23.9. The SMILES string of the molecule is CCOC(=O)c1nc2ccccc2nc1N1CCCN(S(=O)(=O)c2cccc(OC)c2)CC1. The summed E-state index contributed by atoms with van der Waals surface area (Å²) in [6.07, 6.45) is 0.569. The Bertz CT molecular complexity index is 1260. The molecular formula is C23H26N4O5S. The minimum absolute atomic E-state index is 0.139. The number of fused-ring (bicyclic) bond motifs is 1. The van der Waals surface area contributed by atoms with Gasteiger partial charge in [0.05, 0.1) is 29.6 Å². The zero-order chi connectivity index (χ0) is 23.4. The summed E-state index contributed by atoms with van der Waals surface area (Å²) in [5, 5.41) is 0. The first kappa shape index (κ1) is 22.9. The molecule has 0 bridgehead atoms. The highest BCUT2D eigenvalue weighted by Crippen LogP contribution is 2.26. The summed E-state index contributed by atoms with van der Waals surface area (Å²) >= 11 is 0. The molecule has 1 aromatic heterocycles. The summed E-state index contributed by atoms with van der Waals surface area (Å²) in [5.41, 5.74) is 1.40. The molecule has 0 N–H and O–H groups in total. The Balaban J connectivity index is 1.63. The zero-order valence-corrected chi connectivity index (χ0v) is 19.4. The predicted molar refractivity (Wildman–Crippen MR) is 124 cm³/mol. The monoisotopic (exact) mass is 470 g/mol. The minimum Gasteiger partial charge on any atom is -0.497 e. The number of nitrogens with zero attached hydrogens (tertiary/aromatic N) is 4. The first-order chi connectivity index (χ1) is 15.9. The number of carbonyl (C=O) groups excluding carboxylic acids is 1. The molecular weight excluding hydrogens is 444 g/mol. The van der Waals surface area contributed by atoms with Gasteiger partial charge in [0.1, 0.15) is 5.75 Å². The summed E-state index contributed by atoms with van der Waals surface area (Å²) in [5.74, 6) is 0.349. The van der Waals surface area contributed by atoms with Crippen LogP contribution in [0.15, 0.2) is 53.4 Å². The Morgan fingerprint density at radius 1 is 1.00 bits per heavy atom. The van der Waals surface area contributed by atoms with Gasteiger partial charge in [-0.3, -0.25) is 0 Å². The fourth-order valence-electron chi connectivity index (χ4n) is 3.80. The highest BCUT2D eigenvalue weighted by molar-refractivity contribution is 7.89. The van der Waals surface area contributed by atoms with E-state index in [1.54, 1.807) is 31.2 Å². The van der Waals surface area contributed by atoms with Crippen molar-refractivity contribution < 1.29 is 22.7 Å². The van der Waals surface area contributed by atoms with Crippen LogP contribution >= 0.6 is 0 Å². The standard InChI is InChI=1S/C23H26N4O5S/c1-3-32-23(28)21-22(25-20-11-5-4-10-19(20)24-21)26-12-7-13-27(15-14-26)33(29,30)18-9-6-8-17(16-18)31-2/h4-6,8-11,16H,3,7,12-15H2,1-2H3.